The normalized spacial score (nSPS) is 19.0. The average Bonchev–Trinajstić information content (AvgIpc) is 2.76. The van der Waals surface area contributed by atoms with Gasteiger partial charge in [0.2, 0.25) is 12.7 Å². The van der Waals surface area contributed by atoms with Gasteiger partial charge in [0, 0.05) is 24.7 Å². The van der Waals surface area contributed by atoms with Gasteiger partial charge in [-0.25, -0.2) is 0 Å². The van der Waals surface area contributed by atoms with Crippen molar-refractivity contribution in [3.63, 3.8) is 0 Å². The lowest BCUT2D eigenvalue weighted by atomic mass is 10.1. The van der Waals surface area contributed by atoms with Crippen LogP contribution in [0.2, 0.25) is 0 Å². The molecular formula is C12H13NO3. The van der Waals surface area contributed by atoms with Crippen molar-refractivity contribution < 1.29 is 14.3 Å². The number of nitrogens with zero attached hydrogens (tertiary/aromatic N) is 1. The Bertz CT molecular complexity index is 430. The van der Waals surface area contributed by atoms with Crippen LogP contribution < -0.4 is 14.4 Å². The molecule has 0 spiro atoms. The lowest BCUT2D eigenvalue weighted by Gasteiger charge is -2.26. The third-order valence-electron chi connectivity index (χ3n) is 2.99. The zero-order chi connectivity index (χ0) is 11.0. The van der Waals surface area contributed by atoms with E-state index >= 15 is 0 Å². The summed E-state index contributed by atoms with van der Waals surface area (Å²) in [7, 11) is 0. The third-order valence-corrected chi connectivity index (χ3v) is 2.99. The highest BCUT2D eigenvalue weighted by molar-refractivity contribution is 5.94. The van der Waals surface area contributed by atoms with Crippen molar-refractivity contribution in [1.29, 1.82) is 0 Å². The maximum absolute atomic E-state index is 11.7. The monoisotopic (exact) mass is 219 g/mol. The third kappa shape index (κ3) is 1.50. The Kier molecular flexibility index (Phi) is 2.20. The van der Waals surface area contributed by atoms with Gasteiger partial charge < -0.3 is 14.4 Å². The Morgan fingerprint density at radius 2 is 2.00 bits per heavy atom. The Morgan fingerprint density at radius 3 is 2.88 bits per heavy atom. The number of hydrogen-bond acceptors (Lipinski definition) is 3. The standard InChI is InChI=1S/C12H13NO3/c14-12-3-1-2-6-13(12)9-4-5-10-11(7-9)16-8-15-10/h4-5,7H,1-3,6,8H2. The van der Waals surface area contributed by atoms with Gasteiger partial charge >= 0.3 is 0 Å². The molecule has 0 atom stereocenters. The number of carbonyl (C=O) groups is 1. The summed E-state index contributed by atoms with van der Waals surface area (Å²) in [4.78, 5) is 13.6. The molecule has 2 aliphatic heterocycles. The van der Waals surface area contributed by atoms with Crippen LogP contribution in [0.1, 0.15) is 19.3 Å². The number of fused-ring (bicyclic) bond motifs is 1. The van der Waals surface area contributed by atoms with Crippen molar-refractivity contribution in [1.82, 2.24) is 0 Å². The lowest BCUT2D eigenvalue weighted by molar-refractivity contribution is -0.119. The maximum atomic E-state index is 11.7. The first-order valence-corrected chi connectivity index (χ1v) is 5.54. The van der Waals surface area contributed by atoms with E-state index in [1.807, 2.05) is 23.1 Å². The largest absolute Gasteiger partial charge is 0.454 e. The molecule has 4 nitrogen and oxygen atoms in total. The van der Waals surface area contributed by atoms with Crippen LogP contribution >= 0.6 is 0 Å². The van der Waals surface area contributed by atoms with Crippen LogP contribution in [-0.4, -0.2) is 19.2 Å². The summed E-state index contributed by atoms with van der Waals surface area (Å²) in [5, 5.41) is 0. The minimum Gasteiger partial charge on any atom is -0.454 e. The molecule has 2 heterocycles. The number of rotatable bonds is 1. The molecule has 0 saturated carbocycles. The molecule has 1 aromatic carbocycles. The molecule has 16 heavy (non-hydrogen) atoms. The number of anilines is 1. The van der Waals surface area contributed by atoms with Crippen molar-refractivity contribution in [2.45, 2.75) is 19.3 Å². The number of ether oxygens (including phenoxy) is 2. The van der Waals surface area contributed by atoms with E-state index in [2.05, 4.69) is 0 Å². The summed E-state index contributed by atoms with van der Waals surface area (Å²) >= 11 is 0. The van der Waals surface area contributed by atoms with Crippen LogP contribution in [0.15, 0.2) is 18.2 Å². The number of hydrogen-bond donors (Lipinski definition) is 0. The minimum absolute atomic E-state index is 0.199. The summed E-state index contributed by atoms with van der Waals surface area (Å²) in [6.07, 6.45) is 2.72. The molecule has 1 amide bonds. The molecule has 1 fully saturated rings. The highest BCUT2D eigenvalue weighted by Gasteiger charge is 2.22. The van der Waals surface area contributed by atoms with Crippen molar-refractivity contribution in [3.8, 4) is 11.5 Å². The van der Waals surface area contributed by atoms with Crippen LogP contribution in [0.25, 0.3) is 0 Å². The van der Waals surface area contributed by atoms with Gasteiger partial charge in [0.1, 0.15) is 0 Å². The fraction of sp³-hybridized carbons (Fsp3) is 0.417. The van der Waals surface area contributed by atoms with E-state index in [-0.39, 0.29) is 12.7 Å². The highest BCUT2D eigenvalue weighted by Crippen LogP contribution is 2.36. The number of piperidine rings is 1. The van der Waals surface area contributed by atoms with Crippen molar-refractivity contribution >= 4 is 11.6 Å². The molecule has 0 unspecified atom stereocenters. The second-order valence-electron chi connectivity index (χ2n) is 4.04. The SMILES string of the molecule is O=C1CCCCN1c1ccc2c(c1)OCO2. The van der Waals surface area contributed by atoms with Gasteiger partial charge in [-0.2, -0.15) is 0 Å². The zero-order valence-electron chi connectivity index (χ0n) is 8.94. The first-order chi connectivity index (χ1) is 7.84. The van der Waals surface area contributed by atoms with E-state index in [4.69, 9.17) is 9.47 Å². The van der Waals surface area contributed by atoms with Crippen molar-refractivity contribution in [2.24, 2.45) is 0 Å². The Balaban J connectivity index is 1.91. The topological polar surface area (TPSA) is 38.8 Å². The molecule has 2 aliphatic rings. The number of carbonyl (C=O) groups excluding carboxylic acids is 1. The predicted octanol–water partition coefficient (Wildman–Crippen LogP) is 1.93. The summed E-state index contributed by atoms with van der Waals surface area (Å²) in [6, 6.07) is 5.65. The van der Waals surface area contributed by atoms with Gasteiger partial charge in [0.15, 0.2) is 11.5 Å². The molecule has 0 aromatic heterocycles. The van der Waals surface area contributed by atoms with E-state index in [0.29, 0.717) is 6.42 Å². The van der Waals surface area contributed by atoms with E-state index in [1.54, 1.807) is 0 Å². The van der Waals surface area contributed by atoms with Crippen LogP contribution in [0.5, 0.6) is 11.5 Å². The van der Waals surface area contributed by atoms with Gasteiger partial charge in [0.25, 0.3) is 0 Å². The second kappa shape index (κ2) is 3.70. The van der Waals surface area contributed by atoms with Gasteiger partial charge in [0.05, 0.1) is 0 Å². The lowest BCUT2D eigenvalue weighted by Crippen LogP contribution is -2.35. The van der Waals surface area contributed by atoms with Gasteiger partial charge in [-0.3, -0.25) is 4.79 Å². The first kappa shape index (κ1) is 9.51. The fourth-order valence-corrected chi connectivity index (χ4v) is 2.13. The van der Waals surface area contributed by atoms with Crippen LogP contribution in [0, 0.1) is 0 Å². The molecule has 3 rings (SSSR count). The average molecular weight is 219 g/mol. The summed E-state index contributed by atoms with van der Waals surface area (Å²) < 4.78 is 10.5. The van der Waals surface area contributed by atoms with Crippen LogP contribution in [0.3, 0.4) is 0 Å². The molecule has 0 aliphatic carbocycles. The van der Waals surface area contributed by atoms with Gasteiger partial charge in [-0.05, 0) is 25.0 Å². The summed E-state index contributed by atoms with van der Waals surface area (Å²) in [6.45, 7) is 1.07. The highest BCUT2D eigenvalue weighted by atomic mass is 16.7. The predicted molar refractivity (Wildman–Crippen MR) is 58.8 cm³/mol. The summed E-state index contributed by atoms with van der Waals surface area (Å²) in [5.74, 6) is 1.69. The Hall–Kier alpha value is -1.71. The van der Waals surface area contributed by atoms with Crippen molar-refractivity contribution in [2.75, 3.05) is 18.2 Å². The van der Waals surface area contributed by atoms with Gasteiger partial charge in [-0.15, -0.1) is 0 Å². The first-order valence-electron chi connectivity index (χ1n) is 5.54. The molecule has 4 heteroatoms. The number of benzene rings is 1. The second-order valence-corrected chi connectivity index (χ2v) is 4.04. The van der Waals surface area contributed by atoms with E-state index in [1.165, 1.54) is 0 Å². The van der Waals surface area contributed by atoms with E-state index in [0.717, 1.165) is 36.6 Å². The molecule has 1 saturated heterocycles. The molecule has 84 valence electrons. The molecule has 1 aromatic rings. The molecular weight excluding hydrogens is 206 g/mol. The summed E-state index contributed by atoms with van der Waals surface area (Å²) in [5.41, 5.74) is 0.911. The Labute approximate surface area is 93.8 Å². The van der Waals surface area contributed by atoms with Crippen LogP contribution in [-0.2, 0) is 4.79 Å². The fourth-order valence-electron chi connectivity index (χ4n) is 2.13. The molecule has 0 radical (unpaired) electrons. The maximum Gasteiger partial charge on any atom is 0.231 e. The van der Waals surface area contributed by atoms with Crippen molar-refractivity contribution in [3.05, 3.63) is 18.2 Å². The quantitative estimate of drug-likeness (QED) is 0.724. The molecule has 0 N–H and O–H groups in total. The minimum atomic E-state index is 0.199. The molecule has 0 bridgehead atoms. The van der Waals surface area contributed by atoms with E-state index < -0.39 is 0 Å². The smallest absolute Gasteiger partial charge is 0.231 e. The van der Waals surface area contributed by atoms with Crippen LogP contribution in [0.4, 0.5) is 5.69 Å². The zero-order valence-corrected chi connectivity index (χ0v) is 8.94. The van der Waals surface area contributed by atoms with Gasteiger partial charge in [-0.1, -0.05) is 0 Å². The Morgan fingerprint density at radius 1 is 1.12 bits per heavy atom. The number of amides is 1. The van der Waals surface area contributed by atoms with E-state index in [9.17, 15) is 4.79 Å².